The molecular formula is C18H22ClN5OS. The van der Waals surface area contributed by atoms with Crippen molar-refractivity contribution in [3.05, 3.63) is 36.0 Å². The van der Waals surface area contributed by atoms with E-state index < -0.39 is 0 Å². The number of thiazole rings is 1. The van der Waals surface area contributed by atoms with E-state index >= 15 is 0 Å². The second-order valence-corrected chi connectivity index (χ2v) is 8.20. The molecule has 0 bridgehead atoms. The summed E-state index contributed by atoms with van der Waals surface area (Å²) in [6.07, 6.45) is 5.09. The van der Waals surface area contributed by atoms with Crippen LogP contribution in [-0.4, -0.2) is 28.2 Å². The van der Waals surface area contributed by atoms with Crippen LogP contribution in [0.1, 0.15) is 49.7 Å². The van der Waals surface area contributed by atoms with Gasteiger partial charge in [0.2, 0.25) is 5.89 Å². The van der Waals surface area contributed by atoms with E-state index in [1.165, 1.54) is 4.70 Å². The quantitative estimate of drug-likeness (QED) is 0.730. The summed E-state index contributed by atoms with van der Waals surface area (Å²) in [6.45, 7) is 1.94. The Bertz CT molecular complexity index is 865. The number of para-hydroxylation sites is 1. The van der Waals surface area contributed by atoms with Gasteiger partial charge in [-0.15, -0.1) is 12.4 Å². The molecule has 2 aromatic heterocycles. The van der Waals surface area contributed by atoms with Gasteiger partial charge in [0, 0.05) is 19.0 Å². The van der Waals surface area contributed by atoms with E-state index in [-0.39, 0.29) is 17.9 Å². The van der Waals surface area contributed by atoms with Gasteiger partial charge in [-0.05, 0) is 44.2 Å². The molecule has 138 valence electrons. The van der Waals surface area contributed by atoms with Crippen LogP contribution in [0.5, 0.6) is 0 Å². The molecule has 0 unspecified atom stereocenters. The number of nitrogens with two attached hydrogens (primary N) is 1. The highest BCUT2D eigenvalue weighted by molar-refractivity contribution is 7.22. The van der Waals surface area contributed by atoms with Crippen molar-refractivity contribution < 1.29 is 4.52 Å². The van der Waals surface area contributed by atoms with Crippen LogP contribution < -0.4 is 10.6 Å². The fraction of sp³-hybridized carbons (Fsp3) is 0.500. The largest absolute Gasteiger partial charge is 0.348 e. The van der Waals surface area contributed by atoms with Crippen molar-refractivity contribution in [1.29, 1.82) is 0 Å². The van der Waals surface area contributed by atoms with Gasteiger partial charge in [0.25, 0.3) is 0 Å². The van der Waals surface area contributed by atoms with E-state index in [1.54, 1.807) is 11.3 Å². The number of benzene rings is 1. The van der Waals surface area contributed by atoms with Crippen molar-refractivity contribution >= 4 is 39.1 Å². The van der Waals surface area contributed by atoms with Crippen molar-refractivity contribution in [1.82, 2.24) is 15.1 Å². The molecule has 3 aromatic rings. The second kappa shape index (κ2) is 6.79. The summed E-state index contributed by atoms with van der Waals surface area (Å²) >= 11 is 1.77. The van der Waals surface area contributed by atoms with Crippen LogP contribution in [0, 0.1) is 0 Å². The number of anilines is 1. The van der Waals surface area contributed by atoms with Gasteiger partial charge in [0.15, 0.2) is 11.0 Å². The molecule has 5 rings (SSSR count). The van der Waals surface area contributed by atoms with Gasteiger partial charge in [-0.2, -0.15) is 4.98 Å². The summed E-state index contributed by atoms with van der Waals surface area (Å²) in [5.74, 6) is 1.79. The maximum atomic E-state index is 6.30. The lowest BCUT2D eigenvalue weighted by molar-refractivity contribution is 0.228. The van der Waals surface area contributed by atoms with E-state index in [4.69, 9.17) is 15.2 Å². The van der Waals surface area contributed by atoms with Crippen LogP contribution in [0.2, 0.25) is 0 Å². The molecule has 1 aromatic carbocycles. The van der Waals surface area contributed by atoms with Crippen LogP contribution in [0.25, 0.3) is 10.2 Å². The molecule has 26 heavy (non-hydrogen) atoms. The Morgan fingerprint density at radius 1 is 1.15 bits per heavy atom. The molecule has 1 saturated heterocycles. The smallest absolute Gasteiger partial charge is 0.229 e. The van der Waals surface area contributed by atoms with E-state index in [9.17, 15) is 0 Å². The number of hydrogen-bond donors (Lipinski definition) is 1. The van der Waals surface area contributed by atoms with Gasteiger partial charge in [-0.25, -0.2) is 4.98 Å². The van der Waals surface area contributed by atoms with Crippen LogP contribution in [-0.2, 0) is 5.54 Å². The van der Waals surface area contributed by atoms with E-state index in [0.717, 1.165) is 61.7 Å². The Balaban J connectivity index is 0.00000168. The standard InChI is InChI=1S/C18H21N5OS.ClH/c19-18(8-3-9-18)16-21-15(24-22-16)12-6-10-23(11-7-12)17-20-13-4-1-2-5-14(13)25-17;/h1-2,4-5,12H,3,6-11,19H2;1H. The third kappa shape index (κ3) is 2.98. The number of halogens is 1. The Hall–Kier alpha value is -1.70. The Labute approximate surface area is 162 Å². The van der Waals surface area contributed by atoms with Gasteiger partial charge in [0.1, 0.15) is 0 Å². The highest BCUT2D eigenvalue weighted by atomic mass is 35.5. The van der Waals surface area contributed by atoms with Crippen LogP contribution in [0.3, 0.4) is 0 Å². The van der Waals surface area contributed by atoms with Crippen LogP contribution in [0.15, 0.2) is 28.8 Å². The molecule has 2 aliphatic rings. The van der Waals surface area contributed by atoms with Crippen molar-refractivity contribution in [2.75, 3.05) is 18.0 Å². The van der Waals surface area contributed by atoms with Gasteiger partial charge in [-0.3, -0.25) is 0 Å². The Morgan fingerprint density at radius 2 is 1.92 bits per heavy atom. The summed E-state index contributed by atoms with van der Waals surface area (Å²) in [4.78, 5) is 11.8. The molecule has 3 heterocycles. The predicted octanol–water partition coefficient (Wildman–Crippen LogP) is 3.82. The zero-order valence-corrected chi connectivity index (χ0v) is 16.1. The highest BCUT2D eigenvalue weighted by Crippen LogP contribution is 2.38. The molecule has 2 N–H and O–H groups in total. The van der Waals surface area contributed by atoms with Crippen LogP contribution in [0.4, 0.5) is 5.13 Å². The average Bonchev–Trinajstić information content (AvgIpc) is 3.27. The minimum atomic E-state index is -0.344. The molecule has 0 spiro atoms. The van der Waals surface area contributed by atoms with Gasteiger partial charge in [0.05, 0.1) is 15.8 Å². The summed E-state index contributed by atoms with van der Waals surface area (Å²) in [7, 11) is 0. The number of hydrogen-bond acceptors (Lipinski definition) is 7. The summed E-state index contributed by atoms with van der Waals surface area (Å²) in [6, 6.07) is 8.31. The normalized spacial score (nSPS) is 20.0. The predicted molar refractivity (Wildman–Crippen MR) is 105 cm³/mol. The lowest BCUT2D eigenvalue weighted by atomic mass is 9.77. The van der Waals surface area contributed by atoms with Gasteiger partial charge in [-0.1, -0.05) is 28.6 Å². The molecule has 0 amide bonds. The van der Waals surface area contributed by atoms with Crippen LogP contribution >= 0.6 is 23.7 Å². The number of piperidine rings is 1. The minimum Gasteiger partial charge on any atom is -0.348 e. The molecule has 1 aliphatic heterocycles. The van der Waals surface area contributed by atoms with Gasteiger partial charge < -0.3 is 15.2 Å². The number of aromatic nitrogens is 3. The Kier molecular flexibility index (Phi) is 4.62. The maximum absolute atomic E-state index is 6.30. The maximum Gasteiger partial charge on any atom is 0.229 e. The molecule has 2 fully saturated rings. The first kappa shape index (κ1) is 17.7. The molecule has 0 atom stereocenters. The third-order valence-electron chi connectivity index (χ3n) is 5.53. The monoisotopic (exact) mass is 391 g/mol. The molecular weight excluding hydrogens is 370 g/mol. The van der Waals surface area contributed by atoms with Crippen molar-refractivity contribution in [2.24, 2.45) is 5.73 Å². The van der Waals surface area contributed by atoms with Crippen molar-refractivity contribution in [3.8, 4) is 0 Å². The zero-order chi connectivity index (χ0) is 16.9. The number of nitrogens with zero attached hydrogens (tertiary/aromatic N) is 4. The molecule has 1 aliphatic carbocycles. The fourth-order valence-electron chi connectivity index (χ4n) is 3.70. The van der Waals surface area contributed by atoms with E-state index in [1.807, 2.05) is 6.07 Å². The second-order valence-electron chi connectivity index (χ2n) is 7.19. The SMILES string of the molecule is Cl.NC1(c2noc(C3CCN(c4nc5ccccc5s4)CC3)n2)CCC1. The molecule has 1 saturated carbocycles. The van der Waals surface area contributed by atoms with Crippen molar-refractivity contribution in [3.63, 3.8) is 0 Å². The summed E-state index contributed by atoms with van der Waals surface area (Å²) in [5.41, 5.74) is 7.04. The first-order chi connectivity index (χ1) is 12.2. The highest BCUT2D eigenvalue weighted by Gasteiger charge is 2.39. The minimum absolute atomic E-state index is 0. The van der Waals surface area contributed by atoms with Gasteiger partial charge >= 0.3 is 0 Å². The lowest BCUT2D eigenvalue weighted by Gasteiger charge is -2.34. The Morgan fingerprint density at radius 3 is 2.62 bits per heavy atom. The zero-order valence-electron chi connectivity index (χ0n) is 14.4. The molecule has 6 nitrogen and oxygen atoms in total. The van der Waals surface area contributed by atoms with E-state index in [0.29, 0.717) is 11.7 Å². The topological polar surface area (TPSA) is 81.1 Å². The lowest BCUT2D eigenvalue weighted by Crippen LogP contribution is -2.44. The number of fused-ring (bicyclic) bond motifs is 1. The van der Waals surface area contributed by atoms with E-state index in [2.05, 4.69) is 33.2 Å². The fourth-order valence-corrected chi connectivity index (χ4v) is 4.71. The molecule has 0 radical (unpaired) electrons. The summed E-state index contributed by atoms with van der Waals surface area (Å²) in [5, 5.41) is 5.27. The average molecular weight is 392 g/mol. The first-order valence-electron chi connectivity index (χ1n) is 8.95. The molecule has 8 heteroatoms. The van der Waals surface area contributed by atoms with Crippen molar-refractivity contribution in [2.45, 2.75) is 43.6 Å². The summed E-state index contributed by atoms with van der Waals surface area (Å²) < 4.78 is 6.79. The first-order valence-corrected chi connectivity index (χ1v) is 9.76. The third-order valence-corrected chi connectivity index (χ3v) is 6.63. The number of rotatable bonds is 3.